The second kappa shape index (κ2) is 5.13. The Balaban J connectivity index is 3.70. The van der Waals surface area contributed by atoms with Crippen LogP contribution in [-0.2, 0) is 0 Å². The van der Waals surface area contributed by atoms with E-state index in [-0.39, 0.29) is 0 Å². The van der Waals surface area contributed by atoms with Crippen LogP contribution in [0.3, 0.4) is 0 Å². The Labute approximate surface area is 66.8 Å². The van der Waals surface area contributed by atoms with Crippen LogP contribution in [0.25, 0.3) is 0 Å². The van der Waals surface area contributed by atoms with E-state index < -0.39 is 0 Å². The van der Waals surface area contributed by atoms with Crippen molar-refractivity contribution >= 4 is 23.2 Å². The number of hydrogen-bond acceptors (Lipinski definition) is 0. The second-order valence-corrected chi connectivity index (χ2v) is 2.78. The molecule has 0 heterocycles. The van der Waals surface area contributed by atoms with Crippen LogP contribution in [0.15, 0.2) is 11.6 Å². The van der Waals surface area contributed by atoms with Crippen LogP contribution in [0, 0.1) is 5.92 Å². The van der Waals surface area contributed by atoms with E-state index in [9.17, 15) is 0 Å². The smallest absolute Gasteiger partial charge is 0.0406 e. The van der Waals surface area contributed by atoms with Gasteiger partial charge in [-0.15, -0.1) is 23.2 Å². The van der Waals surface area contributed by atoms with Crippen molar-refractivity contribution < 1.29 is 0 Å². The summed E-state index contributed by atoms with van der Waals surface area (Å²) in [6.45, 7) is 4.14. The van der Waals surface area contributed by atoms with Gasteiger partial charge < -0.3 is 0 Å². The van der Waals surface area contributed by atoms with E-state index >= 15 is 0 Å². The van der Waals surface area contributed by atoms with Crippen molar-refractivity contribution in [3.05, 3.63) is 11.6 Å². The van der Waals surface area contributed by atoms with Crippen LogP contribution in [0.2, 0.25) is 0 Å². The van der Waals surface area contributed by atoms with Crippen LogP contribution in [0.1, 0.15) is 13.8 Å². The van der Waals surface area contributed by atoms with E-state index in [1.54, 1.807) is 0 Å². The number of rotatable bonds is 3. The number of halogens is 2. The predicted octanol–water partition coefficient (Wildman–Crippen LogP) is 3.05. The molecule has 0 aromatic carbocycles. The summed E-state index contributed by atoms with van der Waals surface area (Å²) in [7, 11) is 0. The minimum atomic E-state index is 0.463. The van der Waals surface area contributed by atoms with Gasteiger partial charge in [-0.3, -0.25) is 0 Å². The number of allylic oxidation sites excluding steroid dienone is 2. The lowest BCUT2D eigenvalue weighted by Gasteiger charge is -2.05. The Morgan fingerprint density at radius 3 is 2.44 bits per heavy atom. The van der Waals surface area contributed by atoms with Gasteiger partial charge in [-0.05, 0) is 12.8 Å². The highest BCUT2D eigenvalue weighted by Crippen LogP contribution is 2.10. The maximum absolute atomic E-state index is 5.60. The first kappa shape index (κ1) is 9.32. The molecule has 0 saturated heterocycles. The molecule has 0 spiro atoms. The van der Waals surface area contributed by atoms with Crippen LogP contribution in [0.5, 0.6) is 0 Å². The fraction of sp³-hybridized carbons (Fsp3) is 0.714. The van der Waals surface area contributed by atoms with E-state index in [4.69, 9.17) is 23.2 Å². The molecule has 2 heteroatoms. The average Bonchev–Trinajstić information content (AvgIpc) is 1.87. The first-order chi connectivity index (χ1) is 4.22. The molecule has 0 aliphatic heterocycles. The zero-order valence-corrected chi connectivity index (χ0v) is 7.34. The van der Waals surface area contributed by atoms with Crippen LogP contribution >= 0.6 is 23.2 Å². The van der Waals surface area contributed by atoms with Gasteiger partial charge in [0.25, 0.3) is 0 Å². The molecule has 0 aromatic heterocycles. The van der Waals surface area contributed by atoms with Crippen LogP contribution in [-0.4, -0.2) is 11.8 Å². The summed E-state index contributed by atoms with van der Waals surface area (Å²) in [5, 5.41) is 0. The molecular formula is C7H12Cl2. The lowest BCUT2D eigenvalue weighted by atomic mass is 10.1. The Kier molecular flexibility index (Phi) is 5.31. The highest BCUT2D eigenvalue weighted by Gasteiger charge is 1.99. The summed E-state index contributed by atoms with van der Waals surface area (Å²) in [5.41, 5.74) is 1.28. The molecule has 0 aliphatic rings. The highest BCUT2D eigenvalue weighted by molar-refractivity contribution is 6.19. The number of alkyl halides is 2. The molecule has 1 unspecified atom stereocenters. The monoisotopic (exact) mass is 166 g/mol. The lowest BCUT2D eigenvalue weighted by Crippen LogP contribution is -1.97. The summed E-state index contributed by atoms with van der Waals surface area (Å²) >= 11 is 11.1. The molecule has 9 heavy (non-hydrogen) atoms. The molecule has 0 bridgehead atoms. The lowest BCUT2D eigenvalue weighted by molar-refractivity contribution is 0.776. The Morgan fingerprint density at radius 1 is 1.56 bits per heavy atom. The molecule has 0 saturated carbocycles. The van der Waals surface area contributed by atoms with Gasteiger partial charge in [0.05, 0.1) is 0 Å². The van der Waals surface area contributed by atoms with Crippen molar-refractivity contribution in [2.45, 2.75) is 13.8 Å². The van der Waals surface area contributed by atoms with E-state index in [1.807, 2.05) is 6.08 Å². The van der Waals surface area contributed by atoms with Crippen LogP contribution < -0.4 is 0 Å². The first-order valence-electron chi connectivity index (χ1n) is 3.01. The SMILES string of the molecule is CC(=CCCl)C(C)CCl. The number of hydrogen-bond donors (Lipinski definition) is 0. The topological polar surface area (TPSA) is 0 Å². The van der Waals surface area contributed by atoms with Crippen molar-refractivity contribution in [3.63, 3.8) is 0 Å². The van der Waals surface area contributed by atoms with Crippen molar-refractivity contribution in [2.75, 3.05) is 11.8 Å². The van der Waals surface area contributed by atoms with Crippen molar-refractivity contribution in [3.8, 4) is 0 Å². The van der Waals surface area contributed by atoms with Gasteiger partial charge in [0.2, 0.25) is 0 Å². The molecule has 0 N–H and O–H groups in total. The van der Waals surface area contributed by atoms with Gasteiger partial charge in [0.1, 0.15) is 0 Å². The quantitative estimate of drug-likeness (QED) is 0.447. The largest absolute Gasteiger partial charge is 0.126 e. The predicted molar refractivity (Wildman–Crippen MR) is 44.4 cm³/mol. The maximum atomic E-state index is 5.60. The summed E-state index contributed by atoms with van der Waals surface area (Å²) < 4.78 is 0. The van der Waals surface area contributed by atoms with Gasteiger partial charge >= 0.3 is 0 Å². The molecule has 0 nitrogen and oxygen atoms in total. The fourth-order valence-electron chi connectivity index (χ4n) is 0.445. The third-order valence-corrected chi connectivity index (χ3v) is 2.03. The molecule has 0 radical (unpaired) electrons. The van der Waals surface area contributed by atoms with E-state index in [1.165, 1.54) is 5.57 Å². The fourth-order valence-corrected chi connectivity index (χ4v) is 0.931. The molecule has 1 atom stereocenters. The minimum Gasteiger partial charge on any atom is -0.126 e. The average molecular weight is 167 g/mol. The third-order valence-electron chi connectivity index (χ3n) is 1.41. The zero-order chi connectivity index (χ0) is 7.28. The summed E-state index contributed by atoms with van der Waals surface area (Å²) in [6.07, 6.45) is 1.99. The van der Waals surface area contributed by atoms with E-state index in [0.717, 1.165) is 0 Å². The van der Waals surface area contributed by atoms with Gasteiger partial charge in [-0.1, -0.05) is 18.6 Å². The van der Waals surface area contributed by atoms with Crippen molar-refractivity contribution in [1.82, 2.24) is 0 Å². The molecule has 0 aromatic rings. The Morgan fingerprint density at radius 2 is 2.11 bits per heavy atom. The van der Waals surface area contributed by atoms with Crippen molar-refractivity contribution in [1.29, 1.82) is 0 Å². The Bertz CT molecular complexity index is 97.1. The first-order valence-corrected chi connectivity index (χ1v) is 4.07. The van der Waals surface area contributed by atoms with E-state index in [2.05, 4.69) is 13.8 Å². The second-order valence-electron chi connectivity index (χ2n) is 2.16. The van der Waals surface area contributed by atoms with Crippen molar-refractivity contribution in [2.24, 2.45) is 5.92 Å². The normalized spacial score (nSPS) is 15.8. The maximum Gasteiger partial charge on any atom is 0.0406 e. The van der Waals surface area contributed by atoms with Gasteiger partial charge in [-0.25, -0.2) is 0 Å². The van der Waals surface area contributed by atoms with Gasteiger partial charge in [0, 0.05) is 11.8 Å². The molecule has 54 valence electrons. The minimum absolute atomic E-state index is 0.463. The standard InChI is InChI=1S/C7H12Cl2/c1-6(3-4-8)7(2)5-9/h3,7H,4-5H2,1-2H3. The molecule has 0 rings (SSSR count). The molecule has 0 amide bonds. The molecule has 0 fully saturated rings. The molecule has 0 aliphatic carbocycles. The van der Waals surface area contributed by atoms with Gasteiger partial charge in [0.15, 0.2) is 0 Å². The third kappa shape index (κ3) is 3.83. The summed E-state index contributed by atoms with van der Waals surface area (Å²) in [6, 6.07) is 0. The van der Waals surface area contributed by atoms with Crippen LogP contribution in [0.4, 0.5) is 0 Å². The zero-order valence-electron chi connectivity index (χ0n) is 5.82. The van der Waals surface area contributed by atoms with E-state index in [0.29, 0.717) is 17.7 Å². The Hall–Kier alpha value is 0.320. The summed E-state index contributed by atoms with van der Waals surface area (Å²) in [4.78, 5) is 0. The summed E-state index contributed by atoms with van der Waals surface area (Å²) in [5.74, 6) is 1.73. The highest BCUT2D eigenvalue weighted by atomic mass is 35.5. The van der Waals surface area contributed by atoms with Gasteiger partial charge in [-0.2, -0.15) is 0 Å². The molecular weight excluding hydrogens is 155 g/mol.